The molecule has 110 valence electrons. The first-order chi connectivity index (χ1) is 9.57. The van der Waals surface area contributed by atoms with Crippen molar-refractivity contribution < 1.29 is 18.3 Å². The highest BCUT2D eigenvalue weighted by atomic mass is 19.1. The third kappa shape index (κ3) is 3.23. The molecule has 0 amide bonds. The van der Waals surface area contributed by atoms with Crippen molar-refractivity contribution in [3.05, 3.63) is 35.4 Å². The third-order valence-corrected chi connectivity index (χ3v) is 4.18. The second kappa shape index (κ2) is 6.44. The number of halogens is 2. The van der Waals surface area contributed by atoms with Crippen molar-refractivity contribution >= 4 is 5.78 Å². The molecule has 20 heavy (non-hydrogen) atoms. The largest absolute Gasteiger partial charge is 0.370 e. The quantitative estimate of drug-likeness (QED) is 0.785. The summed E-state index contributed by atoms with van der Waals surface area (Å²) in [5.74, 6) is -1.40. The number of hydrogen-bond donors (Lipinski definition) is 0. The van der Waals surface area contributed by atoms with Crippen molar-refractivity contribution in [2.45, 2.75) is 50.5 Å². The maximum Gasteiger partial charge on any atom is 0.169 e. The van der Waals surface area contributed by atoms with Crippen LogP contribution in [-0.4, -0.2) is 18.5 Å². The zero-order valence-corrected chi connectivity index (χ0v) is 11.8. The van der Waals surface area contributed by atoms with Gasteiger partial charge in [0.05, 0.1) is 0 Å². The van der Waals surface area contributed by atoms with Gasteiger partial charge in [0.1, 0.15) is 17.2 Å². The Kier molecular flexibility index (Phi) is 4.86. The van der Waals surface area contributed by atoms with Crippen molar-refractivity contribution in [1.82, 2.24) is 0 Å². The number of benzene rings is 1. The summed E-state index contributed by atoms with van der Waals surface area (Å²) in [6.07, 6.45) is 5.43. The fourth-order valence-electron chi connectivity index (χ4n) is 2.90. The molecule has 0 radical (unpaired) electrons. The van der Waals surface area contributed by atoms with E-state index in [1.165, 1.54) is 12.1 Å². The molecule has 1 aliphatic rings. The Morgan fingerprint density at radius 3 is 2.40 bits per heavy atom. The minimum Gasteiger partial charge on any atom is -0.370 e. The summed E-state index contributed by atoms with van der Waals surface area (Å²) in [5, 5.41) is 0. The fourth-order valence-corrected chi connectivity index (χ4v) is 2.90. The average Bonchev–Trinajstić information content (AvgIpc) is 2.68. The Hall–Kier alpha value is -1.29. The van der Waals surface area contributed by atoms with Crippen LogP contribution in [0, 0.1) is 11.6 Å². The number of ketones is 1. The Morgan fingerprint density at radius 2 is 1.85 bits per heavy atom. The molecule has 4 heteroatoms. The summed E-state index contributed by atoms with van der Waals surface area (Å²) in [4.78, 5) is 12.5. The van der Waals surface area contributed by atoms with Crippen LogP contribution in [0.25, 0.3) is 0 Å². The zero-order chi connectivity index (χ0) is 14.6. The minimum absolute atomic E-state index is 0.0417. The van der Waals surface area contributed by atoms with Gasteiger partial charge in [-0.15, -0.1) is 0 Å². The maximum absolute atomic E-state index is 13.7. The topological polar surface area (TPSA) is 26.3 Å². The molecule has 2 nitrogen and oxygen atoms in total. The Morgan fingerprint density at radius 1 is 1.20 bits per heavy atom. The lowest BCUT2D eigenvalue weighted by atomic mass is 9.86. The molecule has 1 aromatic rings. The van der Waals surface area contributed by atoms with E-state index in [-0.39, 0.29) is 17.8 Å². The van der Waals surface area contributed by atoms with E-state index in [1.54, 1.807) is 7.11 Å². The van der Waals surface area contributed by atoms with Gasteiger partial charge in [0.2, 0.25) is 0 Å². The molecule has 0 atom stereocenters. The molecule has 0 aliphatic heterocycles. The minimum atomic E-state index is -0.794. The Labute approximate surface area is 118 Å². The van der Waals surface area contributed by atoms with Gasteiger partial charge in [-0.25, -0.2) is 8.78 Å². The van der Waals surface area contributed by atoms with E-state index in [4.69, 9.17) is 4.74 Å². The monoisotopic (exact) mass is 282 g/mol. The van der Waals surface area contributed by atoms with Gasteiger partial charge >= 0.3 is 0 Å². The van der Waals surface area contributed by atoms with Crippen LogP contribution in [0.4, 0.5) is 8.78 Å². The number of ether oxygens (including phenoxy) is 1. The molecule has 0 saturated heterocycles. The van der Waals surface area contributed by atoms with Crippen LogP contribution in [0.1, 0.15) is 44.1 Å². The third-order valence-electron chi connectivity index (χ3n) is 4.18. The average molecular weight is 282 g/mol. The van der Waals surface area contributed by atoms with Crippen LogP contribution < -0.4 is 0 Å². The summed E-state index contributed by atoms with van der Waals surface area (Å²) in [5.41, 5.74) is -0.561. The molecule has 0 N–H and O–H groups in total. The second-order valence-corrected chi connectivity index (χ2v) is 5.45. The highest BCUT2D eigenvalue weighted by Gasteiger charge is 2.38. The van der Waals surface area contributed by atoms with Crippen molar-refractivity contribution in [3.63, 3.8) is 0 Å². The van der Waals surface area contributed by atoms with E-state index in [9.17, 15) is 13.6 Å². The van der Waals surface area contributed by atoms with E-state index in [2.05, 4.69) is 0 Å². The van der Waals surface area contributed by atoms with E-state index in [0.29, 0.717) is 12.8 Å². The zero-order valence-electron chi connectivity index (χ0n) is 11.8. The highest BCUT2D eigenvalue weighted by Crippen LogP contribution is 2.32. The summed E-state index contributed by atoms with van der Waals surface area (Å²) < 4.78 is 32.0. The predicted octanol–water partition coefficient (Wildman–Crippen LogP) is 3.82. The molecule has 0 spiro atoms. The van der Waals surface area contributed by atoms with Gasteiger partial charge in [-0.3, -0.25) is 4.79 Å². The number of carbonyl (C=O) groups is 1. The molecule has 0 heterocycles. The fraction of sp³-hybridized carbons (Fsp3) is 0.562. The molecular weight excluding hydrogens is 262 g/mol. The highest BCUT2D eigenvalue weighted by molar-refractivity contribution is 5.89. The molecule has 1 aromatic carbocycles. The van der Waals surface area contributed by atoms with Crippen molar-refractivity contribution in [2.75, 3.05) is 7.11 Å². The molecule has 0 unspecified atom stereocenters. The summed E-state index contributed by atoms with van der Waals surface area (Å²) in [6, 6.07) is 3.33. The van der Waals surface area contributed by atoms with Gasteiger partial charge < -0.3 is 4.74 Å². The Bertz CT molecular complexity index is 477. The lowest BCUT2D eigenvalue weighted by molar-refractivity contribution is -0.142. The molecule has 0 bridgehead atoms. The van der Waals surface area contributed by atoms with Gasteiger partial charge in [0.25, 0.3) is 0 Å². The van der Waals surface area contributed by atoms with Crippen LogP contribution in [-0.2, 0) is 16.0 Å². The van der Waals surface area contributed by atoms with Gasteiger partial charge in [-0.05, 0) is 24.5 Å². The normalized spacial score (nSPS) is 18.6. The SMILES string of the molecule is COC1(C(=O)Cc2ccc(F)cc2F)CCCCCC1. The van der Waals surface area contributed by atoms with E-state index >= 15 is 0 Å². The summed E-state index contributed by atoms with van der Waals surface area (Å²) in [6.45, 7) is 0. The number of methoxy groups -OCH3 is 1. The van der Waals surface area contributed by atoms with Crippen LogP contribution in [0.15, 0.2) is 18.2 Å². The summed E-state index contributed by atoms with van der Waals surface area (Å²) >= 11 is 0. The molecule has 1 saturated carbocycles. The molecular formula is C16H20F2O2. The molecule has 2 rings (SSSR count). The van der Waals surface area contributed by atoms with Gasteiger partial charge in [0, 0.05) is 19.6 Å². The lowest BCUT2D eigenvalue weighted by Crippen LogP contribution is -2.41. The van der Waals surface area contributed by atoms with E-state index in [0.717, 1.165) is 31.7 Å². The number of Topliss-reactive ketones (excluding diaryl/α,β-unsaturated/α-hetero) is 1. The van der Waals surface area contributed by atoms with Crippen LogP contribution in [0.3, 0.4) is 0 Å². The molecule has 1 fully saturated rings. The smallest absolute Gasteiger partial charge is 0.169 e. The van der Waals surface area contributed by atoms with Gasteiger partial charge in [0.15, 0.2) is 5.78 Å². The number of carbonyl (C=O) groups excluding carboxylic acids is 1. The van der Waals surface area contributed by atoms with Crippen LogP contribution >= 0.6 is 0 Å². The van der Waals surface area contributed by atoms with Crippen molar-refractivity contribution in [3.8, 4) is 0 Å². The first-order valence-electron chi connectivity index (χ1n) is 7.10. The number of rotatable bonds is 4. The van der Waals surface area contributed by atoms with E-state index < -0.39 is 17.2 Å². The first kappa shape index (κ1) is 15.1. The lowest BCUT2D eigenvalue weighted by Gasteiger charge is -2.29. The second-order valence-electron chi connectivity index (χ2n) is 5.45. The van der Waals surface area contributed by atoms with Crippen molar-refractivity contribution in [2.24, 2.45) is 0 Å². The first-order valence-corrected chi connectivity index (χ1v) is 7.10. The van der Waals surface area contributed by atoms with Crippen LogP contribution in [0.2, 0.25) is 0 Å². The van der Waals surface area contributed by atoms with Crippen molar-refractivity contribution in [1.29, 1.82) is 0 Å². The van der Waals surface area contributed by atoms with Gasteiger partial charge in [-0.2, -0.15) is 0 Å². The standard InChI is InChI=1S/C16H20F2O2/c1-20-16(8-4-2-3-5-9-16)15(19)10-12-6-7-13(17)11-14(12)18/h6-7,11H,2-5,8-10H2,1H3. The molecule has 1 aliphatic carbocycles. The Balaban J connectivity index is 2.16. The molecule has 0 aromatic heterocycles. The predicted molar refractivity (Wildman–Crippen MR) is 72.5 cm³/mol. The summed E-state index contributed by atoms with van der Waals surface area (Å²) in [7, 11) is 1.55. The number of hydrogen-bond acceptors (Lipinski definition) is 2. The maximum atomic E-state index is 13.7. The van der Waals surface area contributed by atoms with E-state index in [1.807, 2.05) is 0 Å². The van der Waals surface area contributed by atoms with Crippen LogP contribution in [0.5, 0.6) is 0 Å². The van der Waals surface area contributed by atoms with Gasteiger partial charge in [-0.1, -0.05) is 31.7 Å².